The van der Waals surface area contributed by atoms with Crippen LogP contribution in [0.4, 0.5) is 4.79 Å². The molecule has 1 saturated heterocycles. The number of hydrogen-bond acceptors (Lipinski definition) is 4. The van der Waals surface area contributed by atoms with E-state index in [1.807, 2.05) is 39.5 Å². The minimum absolute atomic E-state index is 0.00365. The number of ether oxygens (including phenoxy) is 1. The highest BCUT2D eigenvalue weighted by Crippen LogP contribution is 2.22. The van der Waals surface area contributed by atoms with Crippen LogP contribution in [-0.2, 0) is 9.53 Å². The molecular formula is C15H28N2O4. The molecule has 6 nitrogen and oxygen atoms in total. The number of carboxylic acids is 1. The first-order valence-electron chi connectivity index (χ1n) is 7.55. The summed E-state index contributed by atoms with van der Waals surface area (Å²) < 4.78 is 5.43. The molecule has 0 spiro atoms. The number of likely N-dealkylation sites (tertiary alicyclic amines) is 1. The van der Waals surface area contributed by atoms with E-state index in [4.69, 9.17) is 9.84 Å². The monoisotopic (exact) mass is 300 g/mol. The topological polar surface area (TPSA) is 70.1 Å². The average Bonchev–Trinajstić information content (AvgIpc) is 2.73. The fraction of sp³-hybridized carbons (Fsp3) is 0.867. The van der Waals surface area contributed by atoms with Crippen molar-refractivity contribution >= 4 is 12.1 Å². The standard InChI is InChI=1S/C15H28N2O4/c1-11(2)16(10-13(18)19)9-12-7-6-8-17(12)14(20)21-15(3,4)5/h11-12H,6-10H2,1-5H3,(H,18,19)/t12-/m1/s1. The molecule has 1 atom stereocenters. The van der Waals surface area contributed by atoms with Crippen molar-refractivity contribution in [2.24, 2.45) is 0 Å². The summed E-state index contributed by atoms with van der Waals surface area (Å²) in [5, 5.41) is 8.99. The maximum atomic E-state index is 12.2. The highest BCUT2D eigenvalue weighted by molar-refractivity contribution is 5.69. The van der Waals surface area contributed by atoms with Crippen LogP contribution in [0.3, 0.4) is 0 Å². The predicted molar refractivity (Wildman–Crippen MR) is 80.3 cm³/mol. The summed E-state index contributed by atoms with van der Waals surface area (Å²) >= 11 is 0. The Morgan fingerprint density at radius 3 is 2.48 bits per heavy atom. The summed E-state index contributed by atoms with van der Waals surface area (Å²) in [5.41, 5.74) is -0.511. The number of nitrogens with zero attached hydrogens (tertiary/aromatic N) is 2. The Balaban J connectivity index is 2.67. The summed E-state index contributed by atoms with van der Waals surface area (Å²) in [5.74, 6) is -0.842. The first-order chi connectivity index (χ1) is 9.60. The zero-order valence-corrected chi connectivity index (χ0v) is 13.8. The molecular weight excluding hydrogens is 272 g/mol. The normalized spacial score (nSPS) is 19.4. The van der Waals surface area contributed by atoms with Crippen LogP contribution in [0.25, 0.3) is 0 Å². The van der Waals surface area contributed by atoms with Crippen molar-refractivity contribution < 1.29 is 19.4 Å². The molecule has 0 unspecified atom stereocenters. The molecule has 1 heterocycles. The van der Waals surface area contributed by atoms with E-state index in [1.54, 1.807) is 4.90 Å². The van der Waals surface area contributed by atoms with E-state index < -0.39 is 11.6 Å². The van der Waals surface area contributed by atoms with Gasteiger partial charge >= 0.3 is 12.1 Å². The van der Waals surface area contributed by atoms with E-state index >= 15 is 0 Å². The Morgan fingerprint density at radius 2 is 2.00 bits per heavy atom. The Labute approximate surface area is 127 Å². The lowest BCUT2D eigenvalue weighted by atomic mass is 10.2. The van der Waals surface area contributed by atoms with E-state index in [9.17, 15) is 9.59 Å². The molecule has 0 aliphatic carbocycles. The molecule has 0 bridgehead atoms. The summed E-state index contributed by atoms with van der Waals surface area (Å²) in [4.78, 5) is 26.8. The Morgan fingerprint density at radius 1 is 1.38 bits per heavy atom. The van der Waals surface area contributed by atoms with Gasteiger partial charge in [-0.25, -0.2) is 4.79 Å². The molecule has 1 aliphatic rings. The zero-order valence-electron chi connectivity index (χ0n) is 13.8. The van der Waals surface area contributed by atoms with Crippen molar-refractivity contribution in [3.05, 3.63) is 0 Å². The van der Waals surface area contributed by atoms with Crippen molar-refractivity contribution in [2.45, 2.75) is 65.1 Å². The quantitative estimate of drug-likeness (QED) is 0.842. The molecule has 122 valence electrons. The Kier molecular flexibility index (Phi) is 6.01. The molecule has 1 rings (SSSR count). The molecule has 1 aliphatic heterocycles. The lowest BCUT2D eigenvalue weighted by Gasteiger charge is -2.33. The summed E-state index contributed by atoms with van der Waals surface area (Å²) in [6.45, 7) is 10.7. The molecule has 0 aromatic heterocycles. The number of hydrogen-bond donors (Lipinski definition) is 1. The van der Waals surface area contributed by atoms with Crippen LogP contribution in [-0.4, -0.2) is 64.3 Å². The van der Waals surface area contributed by atoms with Gasteiger partial charge in [0.05, 0.1) is 6.54 Å². The summed E-state index contributed by atoms with van der Waals surface area (Å²) in [6.07, 6.45) is 1.52. The smallest absolute Gasteiger partial charge is 0.410 e. The number of amides is 1. The second-order valence-corrected chi connectivity index (χ2v) is 6.89. The first kappa shape index (κ1) is 17.8. The van der Waals surface area contributed by atoms with Gasteiger partial charge in [0.25, 0.3) is 0 Å². The fourth-order valence-electron chi connectivity index (χ4n) is 2.49. The van der Waals surface area contributed by atoms with Crippen molar-refractivity contribution in [3.8, 4) is 0 Å². The van der Waals surface area contributed by atoms with Gasteiger partial charge in [0.15, 0.2) is 0 Å². The number of carbonyl (C=O) groups excluding carboxylic acids is 1. The van der Waals surface area contributed by atoms with Crippen molar-refractivity contribution in [2.75, 3.05) is 19.6 Å². The maximum Gasteiger partial charge on any atom is 0.410 e. The maximum absolute atomic E-state index is 12.2. The molecule has 0 aromatic rings. The lowest BCUT2D eigenvalue weighted by molar-refractivity contribution is -0.138. The second kappa shape index (κ2) is 7.11. The van der Waals surface area contributed by atoms with E-state index in [0.29, 0.717) is 13.1 Å². The molecule has 1 fully saturated rings. The van der Waals surface area contributed by atoms with Crippen LogP contribution in [0.15, 0.2) is 0 Å². The summed E-state index contributed by atoms with van der Waals surface area (Å²) in [7, 11) is 0. The van der Waals surface area contributed by atoms with E-state index in [1.165, 1.54) is 0 Å². The van der Waals surface area contributed by atoms with Crippen LogP contribution < -0.4 is 0 Å². The highest BCUT2D eigenvalue weighted by Gasteiger charge is 2.33. The SMILES string of the molecule is CC(C)N(CC(=O)O)C[C@H]1CCCN1C(=O)OC(C)(C)C. The predicted octanol–water partition coefficient (Wildman–Crippen LogP) is 2.18. The van der Waals surface area contributed by atoms with E-state index in [0.717, 1.165) is 12.8 Å². The van der Waals surface area contributed by atoms with Crippen LogP contribution >= 0.6 is 0 Å². The van der Waals surface area contributed by atoms with Gasteiger partial charge in [-0.15, -0.1) is 0 Å². The van der Waals surface area contributed by atoms with Gasteiger partial charge in [-0.1, -0.05) is 0 Å². The molecule has 0 aromatic carbocycles. The third kappa shape index (κ3) is 5.91. The van der Waals surface area contributed by atoms with Gasteiger partial charge in [0.2, 0.25) is 0 Å². The first-order valence-corrected chi connectivity index (χ1v) is 7.55. The number of aliphatic carboxylic acids is 1. The molecule has 1 amide bonds. The van der Waals surface area contributed by atoms with Gasteiger partial charge in [0.1, 0.15) is 5.60 Å². The van der Waals surface area contributed by atoms with Gasteiger partial charge < -0.3 is 14.7 Å². The number of carbonyl (C=O) groups is 2. The van der Waals surface area contributed by atoms with Gasteiger partial charge in [-0.2, -0.15) is 0 Å². The molecule has 6 heteroatoms. The van der Waals surface area contributed by atoms with Crippen molar-refractivity contribution in [1.82, 2.24) is 9.80 Å². The second-order valence-electron chi connectivity index (χ2n) is 6.89. The average molecular weight is 300 g/mol. The van der Waals surface area contributed by atoms with Gasteiger partial charge in [-0.3, -0.25) is 9.69 Å². The zero-order chi connectivity index (χ0) is 16.2. The molecule has 0 saturated carbocycles. The third-order valence-corrected chi connectivity index (χ3v) is 3.52. The number of rotatable bonds is 5. The molecule has 1 N–H and O–H groups in total. The molecule has 21 heavy (non-hydrogen) atoms. The van der Waals surface area contributed by atoms with Crippen LogP contribution in [0.2, 0.25) is 0 Å². The minimum atomic E-state index is -0.842. The Bertz CT molecular complexity index is 376. The Hall–Kier alpha value is -1.30. The largest absolute Gasteiger partial charge is 0.480 e. The molecule has 0 radical (unpaired) electrons. The third-order valence-electron chi connectivity index (χ3n) is 3.52. The van der Waals surface area contributed by atoms with E-state index in [-0.39, 0.29) is 24.7 Å². The van der Waals surface area contributed by atoms with Crippen molar-refractivity contribution in [3.63, 3.8) is 0 Å². The van der Waals surface area contributed by atoms with Crippen LogP contribution in [0.5, 0.6) is 0 Å². The van der Waals surface area contributed by atoms with Crippen LogP contribution in [0, 0.1) is 0 Å². The van der Waals surface area contributed by atoms with Crippen LogP contribution in [0.1, 0.15) is 47.5 Å². The number of carboxylic acid groups (broad SMARTS) is 1. The van der Waals surface area contributed by atoms with Crippen molar-refractivity contribution in [1.29, 1.82) is 0 Å². The van der Waals surface area contributed by atoms with Gasteiger partial charge in [0, 0.05) is 25.2 Å². The lowest BCUT2D eigenvalue weighted by Crippen LogP contribution is -2.48. The van der Waals surface area contributed by atoms with E-state index in [2.05, 4.69) is 0 Å². The highest BCUT2D eigenvalue weighted by atomic mass is 16.6. The van der Waals surface area contributed by atoms with Gasteiger partial charge in [-0.05, 0) is 47.5 Å². The summed E-state index contributed by atoms with van der Waals surface area (Å²) in [6, 6.07) is 0.156. The minimum Gasteiger partial charge on any atom is -0.480 e. The fourth-order valence-corrected chi connectivity index (χ4v) is 2.49.